The van der Waals surface area contributed by atoms with Gasteiger partial charge in [0.1, 0.15) is 0 Å². The van der Waals surface area contributed by atoms with Gasteiger partial charge in [0, 0.05) is 12.0 Å². The van der Waals surface area contributed by atoms with E-state index in [1.165, 1.54) is 18.3 Å². The van der Waals surface area contributed by atoms with Crippen LogP contribution in [-0.4, -0.2) is 30.2 Å². The van der Waals surface area contributed by atoms with Gasteiger partial charge < -0.3 is 15.8 Å². The maximum Gasteiger partial charge on any atom is 0.422 e. The molecule has 0 radical (unpaired) electrons. The second-order valence-electron chi connectivity index (χ2n) is 4.26. The predicted molar refractivity (Wildman–Crippen MR) is 67.3 cm³/mol. The quantitative estimate of drug-likeness (QED) is 0.839. The van der Waals surface area contributed by atoms with Crippen LogP contribution in [-0.2, 0) is 4.79 Å². The summed E-state index contributed by atoms with van der Waals surface area (Å²) in [7, 11) is 0. The Labute approximate surface area is 114 Å². The second kappa shape index (κ2) is 7.09. The zero-order valence-electron chi connectivity index (χ0n) is 10.9. The lowest BCUT2D eigenvalue weighted by Crippen LogP contribution is -2.23. The molecule has 5 nitrogen and oxygen atoms in total. The van der Waals surface area contributed by atoms with E-state index in [4.69, 9.17) is 5.73 Å². The van der Waals surface area contributed by atoms with Gasteiger partial charge in [-0.25, -0.2) is 4.98 Å². The molecule has 8 heteroatoms. The van der Waals surface area contributed by atoms with Gasteiger partial charge in [-0.3, -0.25) is 4.79 Å². The van der Waals surface area contributed by atoms with Gasteiger partial charge in [-0.05, 0) is 19.0 Å². The molecule has 0 aromatic carbocycles. The van der Waals surface area contributed by atoms with Crippen LogP contribution in [0.5, 0.6) is 5.88 Å². The molecule has 1 atom stereocenters. The minimum Gasteiger partial charge on any atom is -0.468 e. The van der Waals surface area contributed by atoms with Crippen LogP contribution in [0, 0.1) is 5.92 Å². The third-order valence-electron chi connectivity index (χ3n) is 2.43. The molecule has 1 aromatic heterocycles. The molecular formula is C12H16F3N3O2. The molecule has 20 heavy (non-hydrogen) atoms. The lowest BCUT2D eigenvalue weighted by Gasteiger charge is -2.11. The van der Waals surface area contributed by atoms with Gasteiger partial charge in [0.15, 0.2) is 6.61 Å². The Morgan fingerprint density at radius 3 is 2.70 bits per heavy atom. The van der Waals surface area contributed by atoms with Crippen molar-refractivity contribution < 1.29 is 22.7 Å². The summed E-state index contributed by atoms with van der Waals surface area (Å²) >= 11 is 0. The summed E-state index contributed by atoms with van der Waals surface area (Å²) < 4.78 is 40.3. The Balaban J connectivity index is 2.52. The molecular weight excluding hydrogens is 275 g/mol. The van der Waals surface area contributed by atoms with Crippen LogP contribution in [0.1, 0.15) is 13.3 Å². The number of carbonyl (C=O) groups is 1. The molecule has 0 aliphatic heterocycles. The highest BCUT2D eigenvalue weighted by molar-refractivity contribution is 5.92. The van der Waals surface area contributed by atoms with Crippen LogP contribution in [0.3, 0.4) is 0 Å². The van der Waals surface area contributed by atoms with Gasteiger partial charge >= 0.3 is 6.18 Å². The lowest BCUT2D eigenvalue weighted by atomic mass is 10.1. The number of nitrogens with one attached hydrogen (secondary N) is 1. The van der Waals surface area contributed by atoms with Crippen LogP contribution in [0.2, 0.25) is 0 Å². The summed E-state index contributed by atoms with van der Waals surface area (Å²) in [6.07, 6.45) is -2.63. The summed E-state index contributed by atoms with van der Waals surface area (Å²) in [5.41, 5.74) is 5.74. The van der Waals surface area contributed by atoms with E-state index in [1.807, 2.05) is 0 Å². The number of alkyl halides is 3. The average Bonchev–Trinajstić information content (AvgIpc) is 2.37. The van der Waals surface area contributed by atoms with Gasteiger partial charge in [0.05, 0.1) is 11.9 Å². The average molecular weight is 291 g/mol. The van der Waals surface area contributed by atoms with E-state index in [9.17, 15) is 18.0 Å². The van der Waals surface area contributed by atoms with Crippen molar-refractivity contribution in [2.45, 2.75) is 19.5 Å². The number of nitrogens with two attached hydrogens (primary N) is 1. The summed E-state index contributed by atoms with van der Waals surface area (Å²) in [6.45, 7) is 0.729. The van der Waals surface area contributed by atoms with Gasteiger partial charge in [-0.1, -0.05) is 6.92 Å². The minimum atomic E-state index is -4.41. The number of carbonyl (C=O) groups excluding carboxylic acids is 1. The molecule has 0 aliphatic rings. The van der Waals surface area contributed by atoms with Crippen molar-refractivity contribution in [2.75, 3.05) is 18.5 Å². The highest BCUT2D eigenvalue weighted by Crippen LogP contribution is 2.18. The number of hydrogen-bond donors (Lipinski definition) is 2. The fourth-order valence-corrected chi connectivity index (χ4v) is 1.34. The third-order valence-corrected chi connectivity index (χ3v) is 2.43. The number of hydrogen-bond acceptors (Lipinski definition) is 4. The molecule has 0 fully saturated rings. The van der Waals surface area contributed by atoms with Crippen molar-refractivity contribution in [1.29, 1.82) is 0 Å². The van der Waals surface area contributed by atoms with Crippen LogP contribution < -0.4 is 15.8 Å². The minimum absolute atomic E-state index is 0.157. The predicted octanol–water partition coefficient (Wildman–Crippen LogP) is 1.95. The van der Waals surface area contributed by atoms with E-state index < -0.39 is 12.8 Å². The van der Waals surface area contributed by atoms with Crippen LogP contribution >= 0.6 is 0 Å². The Morgan fingerprint density at radius 1 is 1.50 bits per heavy atom. The summed E-state index contributed by atoms with van der Waals surface area (Å²) in [4.78, 5) is 15.3. The van der Waals surface area contributed by atoms with Crippen molar-refractivity contribution in [1.82, 2.24) is 4.98 Å². The normalized spacial score (nSPS) is 12.8. The Kier molecular flexibility index (Phi) is 5.75. The van der Waals surface area contributed by atoms with E-state index in [0.29, 0.717) is 18.7 Å². The smallest absolute Gasteiger partial charge is 0.422 e. The number of aromatic nitrogens is 1. The number of anilines is 1. The molecule has 3 N–H and O–H groups in total. The largest absolute Gasteiger partial charge is 0.468 e. The molecule has 112 valence electrons. The molecule has 1 amide bonds. The van der Waals surface area contributed by atoms with E-state index in [1.54, 1.807) is 6.92 Å². The van der Waals surface area contributed by atoms with Crippen LogP contribution in [0.4, 0.5) is 18.9 Å². The summed E-state index contributed by atoms with van der Waals surface area (Å²) in [5.74, 6) is -0.627. The maximum atomic E-state index is 11.9. The number of ether oxygens (including phenoxy) is 1. The Bertz CT molecular complexity index is 435. The van der Waals surface area contributed by atoms with Crippen molar-refractivity contribution >= 4 is 11.6 Å². The monoisotopic (exact) mass is 291 g/mol. The highest BCUT2D eigenvalue weighted by atomic mass is 19.4. The molecule has 1 rings (SSSR count). The molecule has 0 aliphatic carbocycles. The maximum absolute atomic E-state index is 11.9. The van der Waals surface area contributed by atoms with Crippen LogP contribution in [0.15, 0.2) is 18.3 Å². The number of rotatable bonds is 6. The first-order valence-electron chi connectivity index (χ1n) is 5.98. The van der Waals surface area contributed by atoms with Crippen LogP contribution in [0.25, 0.3) is 0 Å². The van der Waals surface area contributed by atoms with Gasteiger partial charge in [-0.15, -0.1) is 0 Å². The molecule has 1 unspecified atom stereocenters. The fourth-order valence-electron chi connectivity index (χ4n) is 1.34. The van der Waals surface area contributed by atoms with Gasteiger partial charge in [-0.2, -0.15) is 13.2 Å². The fraction of sp³-hybridized carbons (Fsp3) is 0.500. The summed E-state index contributed by atoms with van der Waals surface area (Å²) in [5, 5.41) is 2.59. The van der Waals surface area contributed by atoms with E-state index in [2.05, 4.69) is 15.0 Å². The number of pyridine rings is 1. The van der Waals surface area contributed by atoms with E-state index in [-0.39, 0.29) is 17.7 Å². The SMILES string of the molecule is CC(CCN)C(=O)Nc1ccc(OCC(F)(F)F)nc1. The first-order chi connectivity index (χ1) is 9.31. The molecule has 0 saturated heterocycles. The summed E-state index contributed by atoms with van der Waals surface area (Å²) in [6, 6.07) is 2.68. The number of nitrogens with zero attached hydrogens (tertiary/aromatic N) is 1. The lowest BCUT2D eigenvalue weighted by molar-refractivity contribution is -0.154. The topological polar surface area (TPSA) is 77.2 Å². The van der Waals surface area contributed by atoms with Gasteiger partial charge in [0.25, 0.3) is 0 Å². The Hall–Kier alpha value is -1.83. The van der Waals surface area contributed by atoms with Crippen molar-refractivity contribution in [3.05, 3.63) is 18.3 Å². The first kappa shape index (κ1) is 16.2. The van der Waals surface area contributed by atoms with E-state index >= 15 is 0 Å². The van der Waals surface area contributed by atoms with Crippen molar-refractivity contribution in [3.63, 3.8) is 0 Å². The molecule has 0 saturated carbocycles. The Morgan fingerprint density at radius 2 is 2.20 bits per heavy atom. The number of halogens is 3. The molecule has 1 heterocycles. The van der Waals surface area contributed by atoms with Crippen molar-refractivity contribution in [3.8, 4) is 5.88 Å². The molecule has 0 bridgehead atoms. The zero-order valence-corrected chi connectivity index (χ0v) is 10.9. The number of amides is 1. The first-order valence-corrected chi connectivity index (χ1v) is 5.98. The molecule has 1 aromatic rings. The van der Waals surface area contributed by atoms with E-state index in [0.717, 1.165) is 0 Å². The zero-order chi connectivity index (χ0) is 15.2. The van der Waals surface area contributed by atoms with Crippen molar-refractivity contribution in [2.24, 2.45) is 11.7 Å². The highest BCUT2D eigenvalue weighted by Gasteiger charge is 2.28. The second-order valence-corrected chi connectivity index (χ2v) is 4.26. The third kappa shape index (κ3) is 5.87. The standard InChI is InChI=1S/C12H16F3N3O2/c1-8(4-5-16)11(19)18-9-2-3-10(17-6-9)20-7-12(13,14)15/h2-3,6,8H,4-5,7,16H2,1H3,(H,18,19). The van der Waals surface area contributed by atoms with Gasteiger partial charge in [0.2, 0.25) is 11.8 Å². The molecule has 0 spiro atoms.